The van der Waals surface area contributed by atoms with Crippen molar-refractivity contribution in [1.82, 2.24) is 0 Å². The van der Waals surface area contributed by atoms with Gasteiger partial charge >= 0.3 is 5.79 Å². The van der Waals surface area contributed by atoms with E-state index < -0.39 is 5.79 Å². The van der Waals surface area contributed by atoms with E-state index in [9.17, 15) is 0 Å². The van der Waals surface area contributed by atoms with Crippen molar-refractivity contribution >= 4 is 63.7 Å². The number of hydrogen-bond donors (Lipinski definition) is 0. The van der Waals surface area contributed by atoms with Crippen LogP contribution >= 0.6 is 63.7 Å². The van der Waals surface area contributed by atoms with Crippen LogP contribution in [0.5, 0.6) is 11.5 Å². The second kappa shape index (κ2) is 7.21. The van der Waals surface area contributed by atoms with Gasteiger partial charge in [0.25, 0.3) is 0 Å². The summed E-state index contributed by atoms with van der Waals surface area (Å²) in [4.78, 5) is 0. The quantitative estimate of drug-likeness (QED) is 0.214. The van der Waals surface area contributed by atoms with E-state index in [4.69, 9.17) is 9.47 Å². The van der Waals surface area contributed by atoms with Gasteiger partial charge in [-0.1, -0.05) is 59.7 Å². The number of hydrogen-bond acceptors (Lipinski definition) is 2. The SMILES string of the molecule is Cc1ccc(C2(c3ccc(C)cc3)Oc3c(Br)c(Br)c(Br)c(Br)c3O2)cc1. The van der Waals surface area contributed by atoms with Crippen molar-refractivity contribution in [2.45, 2.75) is 19.6 Å². The van der Waals surface area contributed by atoms with Gasteiger partial charge in [-0.15, -0.1) is 0 Å². The molecule has 0 fully saturated rings. The van der Waals surface area contributed by atoms with Crippen LogP contribution in [0.15, 0.2) is 66.4 Å². The largest absolute Gasteiger partial charge is 0.439 e. The minimum Gasteiger partial charge on any atom is -0.439 e. The maximum atomic E-state index is 6.54. The number of halogens is 4. The summed E-state index contributed by atoms with van der Waals surface area (Å²) in [6.45, 7) is 4.13. The van der Waals surface area contributed by atoms with Crippen LogP contribution in [0.1, 0.15) is 22.3 Å². The molecule has 1 heterocycles. The van der Waals surface area contributed by atoms with Crippen molar-refractivity contribution in [2.75, 3.05) is 0 Å². The molecule has 0 spiro atoms. The van der Waals surface area contributed by atoms with Gasteiger partial charge < -0.3 is 9.47 Å². The first-order chi connectivity index (χ1) is 12.8. The van der Waals surface area contributed by atoms with E-state index in [0.29, 0.717) is 11.5 Å². The Morgan fingerprint density at radius 3 is 1.22 bits per heavy atom. The fraction of sp³-hybridized carbons (Fsp3) is 0.143. The first kappa shape index (κ1) is 19.5. The van der Waals surface area contributed by atoms with Crippen LogP contribution in [-0.4, -0.2) is 0 Å². The maximum absolute atomic E-state index is 6.54. The molecule has 1 aliphatic heterocycles. The summed E-state index contributed by atoms with van der Waals surface area (Å²) in [5.74, 6) is 0.242. The zero-order valence-electron chi connectivity index (χ0n) is 14.4. The third-order valence-corrected chi connectivity index (χ3v) is 9.23. The van der Waals surface area contributed by atoms with Gasteiger partial charge in [-0.2, -0.15) is 0 Å². The molecule has 3 aromatic rings. The summed E-state index contributed by atoms with van der Waals surface area (Å²) >= 11 is 14.5. The number of rotatable bonds is 2. The lowest BCUT2D eigenvalue weighted by molar-refractivity contribution is -0.0465. The van der Waals surface area contributed by atoms with E-state index in [2.05, 4.69) is 102 Å². The van der Waals surface area contributed by atoms with Crippen LogP contribution in [0.3, 0.4) is 0 Å². The fourth-order valence-electron chi connectivity index (χ4n) is 3.03. The van der Waals surface area contributed by atoms with Crippen molar-refractivity contribution < 1.29 is 9.47 Å². The normalized spacial score (nSPS) is 14.4. The second-order valence-electron chi connectivity index (χ2n) is 6.47. The number of ether oxygens (including phenoxy) is 2. The van der Waals surface area contributed by atoms with Gasteiger partial charge in [0, 0.05) is 11.1 Å². The monoisotopic (exact) mass is 614 g/mol. The van der Waals surface area contributed by atoms with E-state index in [1.54, 1.807) is 0 Å². The van der Waals surface area contributed by atoms with E-state index in [1.807, 2.05) is 24.3 Å². The fourth-order valence-corrected chi connectivity index (χ4v) is 5.24. The summed E-state index contributed by atoms with van der Waals surface area (Å²) < 4.78 is 16.4. The Kier molecular flexibility index (Phi) is 5.21. The van der Waals surface area contributed by atoms with Gasteiger partial charge in [0.1, 0.15) is 0 Å². The number of aryl methyl sites for hydroxylation is 2. The highest BCUT2D eigenvalue weighted by Gasteiger charge is 2.48. The molecule has 0 saturated carbocycles. The molecule has 138 valence electrons. The Hall–Kier alpha value is -0.820. The molecule has 1 aliphatic rings. The molecule has 27 heavy (non-hydrogen) atoms. The summed E-state index contributed by atoms with van der Waals surface area (Å²) in [5, 5.41) is 0. The molecule has 0 bridgehead atoms. The second-order valence-corrected chi connectivity index (χ2v) is 9.64. The number of fused-ring (bicyclic) bond motifs is 1. The molecule has 4 rings (SSSR count). The average molecular weight is 618 g/mol. The zero-order chi connectivity index (χ0) is 19.3. The third-order valence-electron chi connectivity index (χ3n) is 4.54. The van der Waals surface area contributed by atoms with Crippen molar-refractivity contribution in [3.63, 3.8) is 0 Å². The minimum absolute atomic E-state index is 0.651. The third kappa shape index (κ3) is 3.18. The van der Waals surface area contributed by atoms with Crippen LogP contribution in [0, 0.1) is 13.8 Å². The molecule has 0 N–H and O–H groups in total. The highest BCUT2D eigenvalue weighted by molar-refractivity contribution is 9.15. The van der Waals surface area contributed by atoms with Crippen LogP contribution in [0.2, 0.25) is 0 Å². The molecule has 6 heteroatoms. The van der Waals surface area contributed by atoms with Crippen molar-refractivity contribution in [3.05, 3.63) is 88.7 Å². The Labute approximate surface area is 191 Å². The maximum Gasteiger partial charge on any atom is 0.305 e. The summed E-state index contributed by atoms with van der Waals surface area (Å²) in [6, 6.07) is 16.5. The molecule has 0 saturated heterocycles. The Bertz CT molecular complexity index is 943. The summed E-state index contributed by atoms with van der Waals surface area (Å²) in [5.41, 5.74) is 4.22. The van der Waals surface area contributed by atoms with Crippen LogP contribution in [0.4, 0.5) is 0 Å². The molecular formula is C21H14Br4O2. The van der Waals surface area contributed by atoms with Gasteiger partial charge in [0.15, 0.2) is 11.5 Å². The molecule has 0 unspecified atom stereocenters. The van der Waals surface area contributed by atoms with Gasteiger partial charge in [-0.05, 0) is 77.6 Å². The van der Waals surface area contributed by atoms with E-state index in [0.717, 1.165) is 29.0 Å². The molecule has 0 atom stereocenters. The molecule has 0 aliphatic carbocycles. The lowest BCUT2D eigenvalue weighted by Gasteiger charge is -2.29. The average Bonchev–Trinajstić information content (AvgIpc) is 3.08. The van der Waals surface area contributed by atoms with Crippen LogP contribution in [-0.2, 0) is 5.79 Å². The van der Waals surface area contributed by atoms with Gasteiger partial charge in [-0.3, -0.25) is 0 Å². The minimum atomic E-state index is -1.06. The summed E-state index contributed by atoms with van der Waals surface area (Å²) in [6.07, 6.45) is 0. The van der Waals surface area contributed by atoms with Gasteiger partial charge in [0.05, 0.1) is 17.9 Å². The van der Waals surface area contributed by atoms with Gasteiger partial charge in [-0.25, -0.2) is 0 Å². The molecule has 2 nitrogen and oxygen atoms in total. The topological polar surface area (TPSA) is 18.5 Å². The lowest BCUT2D eigenvalue weighted by Crippen LogP contribution is -2.36. The van der Waals surface area contributed by atoms with E-state index >= 15 is 0 Å². The molecule has 0 amide bonds. The highest BCUT2D eigenvalue weighted by Crippen LogP contribution is 2.58. The van der Waals surface area contributed by atoms with Crippen LogP contribution in [0.25, 0.3) is 0 Å². The Morgan fingerprint density at radius 2 is 0.889 bits per heavy atom. The zero-order valence-corrected chi connectivity index (χ0v) is 20.8. The first-order valence-corrected chi connectivity index (χ1v) is 11.4. The molecule has 3 aromatic carbocycles. The van der Waals surface area contributed by atoms with Crippen molar-refractivity contribution in [2.24, 2.45) is 0 Å². The standard InChI is InChI=1S/C21H14Br4O2/c1-11-3-7-13(8-4-11)21(14-9-5-12(2)6-10-14)26-19-17(24)15(22)16(23)18(25)20(19)27-21/h3-10H,1-2H3. The number of benzene rings is 3. The first-order valence-electron chi connectivity index (χ1n) is 8.22. The molecular weight excluding hydrogens is 604 g/mol. The Morgan fingerprint density at radius 1 is 0.556 bits per heavy atom. The van der Waals surface area contributed by atoms with Gasteiger partial charge in [0.2, 0.25) is 0 Å². The van der Waals surface area contributed by atoms with Crippen molar-refractivity contribution in [1.29, 1.82) is 0 Å². The van der Waals surface area contributed by atoms with Crippen LogP contribution < -0.4 is 9.47 Å². The highest BCUT2D eigenvalue weighted by atomic mass is 79.9. The van der Waals surface area contributed by atoms with E-state index in [-0.39, 0.29) is 0 Å². The summed E-state index contributed by atoms with van der Waals surface area (Å²) in [7, 11) is 0. The molecule has 0 aromatic heterocycles. The molecule has 0 radical (unpaired) electrons. The Balaban J connectivity index is 1.96. The van der Waals surface area contributed by atoms with Crippen molar-refractivity contribution in [3.8, 4) is 11.5 Å². The predicted molar refractivity (Wildman–Crippen MR) is 122 cm³/mol. The predicted octanol–water partition coefficient (Wildman–Crippen LogP) is 8.03. The van der Waals surface area contributed by atoms with E-state index in [1.165, 1.54) is 11.1 Å². The lowest BCUT2D eigenvalue weighted by atomic mass is 9.95. The smallest absolute Gasteiger partial charge is 0.305 e.